The van der Waals surface area contributed by atoms with Gasteiger partial charge in [-0.3, -0.25) is 9.59 Å². The van der Waals surface area contributed by atoms with Gasteiger partial charge in [0.1, 0.15) is 0 Å². The third-order valence-corrected chi connectivity index (χ3v) is 4.23. The number of hydrogen-bond acceptors (Lipinski definition) is 4. The summed E-state index contributed by atoms with van der Waals surface area (Å²) >= 11 is 0. The Labute approximate surface area is 148 Å². The van der Waals surface area contributed by atoms with Crippen LogP contribution in [0.2, 0.25) is 0 Å². The molecule has 1 N–H and O–H groups in total. The Balaban J connectivity index is 2.88. The Hall–Kier alpha value is -2.37. The van der Waals surface area contributed by atoms with E-state index >= 15 is 0 Å². The van der Waals surface area contributed by atoms with Gasteiger partial charge in [-0.2, -0.15) is 0 Å². The number of amides is 2. The zero-order chi connectivity index (χ0) is 19.0. The minimum atomic E-state index is -0.990. The Morgan fingerprint density at radius 3 is 2.28 bits per heavy atom. The van der Waals surface area contributed by atoms with Gasteiger partial charge in [0.25, 0.3) is 0 Å². The molecule has 25 heavy (non-hydrogen) atoms. The van der Waals surface area contributed by atoms with Crippen LogP contribution in [-0.2, 0) is 20.9 Å². The number of carboxylic acids is 1. The minimum Gasteiger partial charge on any atom is -0.481 e. The van der Waals surface area contributed by atoms with Gasteiger partial charge in [0.05, 0.1) is 18.1 Å². The fourth-order valence-corrected chi connectivity index (χ4v) is 2.24. The molecule has 0 aliphatic rings. The number of ether oxygens (including phenoxy) is 1. The zero-order valence-corrected chi connectivity index (χ0v) is 15.3. The zero-order valence-electron chi connectivity index (χ0n) is 15.3. The molecule has 6 nitrogen and oxygen atoms in total. The topological polar surface area (TPSA) is 83.9 Å². The molecule has 0 aliphatic carbocycles. The molecule has 1 aromatic carbocycles. The molecule has 0 heterocycles. The molecule has 0 aromatic heterocycles. The van der Waals surface area contributed by atoms with Crippen LogP contribution in [0.25, 0.3) is 0 Å². The molecule has 1 atom stereocenters. The monoisotopic (exact) mass is 349 g/mol. The average molecular weight is 349 g/mol. The van der Waals surface area contributed by atoms with Gasteiger partial charge in [-0.25, -0.2) is 9.69 Å². The molecule has 0 fully saturated rings. The third kappa shape index (κ3) is 6.21. The molecule has 0 spiro atoms. The average Bonchev–Trinajstić information content (AvgIpc) is 2.57. The van der Waals surface area contributed by atoms with Gasteiger partial charge < -0.3 is 9.84 Å². The lowest BCUT2D eigenvalue weighted by molar-refractivity contribution is -0.149. The van der Waals surface area contributed by atoms with Crippen LogP contribution in [0.5, 0.6) is 0 Å². The molecule has 0 saturated heterocycles. The van der Waals surface area contributed by atoms with E-state index < -0.39 is 23.4 Å². The van der Waals surface area contributed by atoms with E-state index in [9.17, 15) is 19.5 Å². The Morgan fingerprint density at radius 1 is 1.20 bits per heavy atom. The van der Waals surface area contributed by atoms with Crippen LogP contribution >= 0.6 is 0 Å². The quantitative estimate of drug-likeness (QED) is 0.771. The summed E-state index contributed by atoms with van der Waals surface area (Å²) in [6.07, 6.45) is -0.518. The van der Waals surface area contributed by atoms with Crippen LogP contribution in [-0.4, -0.2) is 34.1 Å². The van der Waals surface area contributed by atoms with Gasteiger partial charge in [-0.05, 0) is 39.2 Å². The third-order valence-electron chi connectivity index (χ3n) is 4.23. The van der Waals surface area contributed by atoms with E-state index in [2.05, 4.69) is 0 Å². The number of carbonyl (C=O) groups excluding carboxylic acids is 2. The van der Waals surface area contributed by atoms with Crippen molar-refractivity contribution in [1.82, 2.24) is 4.90 Å². The van der Waals surface area contributed by atoms with E-state index in [4.69, 9.17) is 4.74 Å². The van der Waals surface area contributed by atoms with E-state index in [1.54, 1.807) is 27.7 Å². The van der Waals surface area contributed by atoms with Crippen molar-refractivity contribution in [3.8, 4) is 0 Å². The molecule has 0 aliphatic heterocycles. The lowest BCUT2D eigenvalue weighted by Gasteiger charge is -2.25. The van der Waals surface area contributed by atoms with Crippen molar-refractivity contribution in [3.05, 3.63) is 35.9 Å². The van der Waals surface area contributed by atoms with Crippen molar-refractivity contribution in [1.29, 1.82) is 0 Å². The number of rotatable bonds is 8. The number of imide groups is 1. The second-order valence-corrected chi connectivity index (χ2v) is 6.62. The molecule has 138 valence electrons. The first-order chi connectivity index (χ1) is 11.7. The lowest BCUT2D eigenvalue weighted by Crippen LogP contribution is -2.39. The normalized spacial score (nSPS) is 13.2. The second-order valence-electron chi connectivity index (χ2n) is 6.62. The van der Waals surface area contributed by atoms with E-state index in [1.807, 2.05) is 30.3 Å². The predicted molar refractivity (Wildman–Crippen MR) is 93.9 cm³/mol. The Bertz CT molecular complexity index is 599. The number of carboxylic acid groups (broad SMARTS) is 1. The first-order valence-electron chi connectivity index (χ1n) is 8.48. The van der Waals surface area contributed by atoms with Gasteiger partial charge in [0.2, 0.25) is 5.91 Å². The first-order valence-corrected chi connectivity index (χ1v) is 8.48. The van der Waals surface area contributed by atoms with Gasteiger partial charge in [0, 0.05) is 6.42 Å². The number of aliphatic carboxylic acids is 1. The highest BCUT2D eigenvalue weighted by Crippen LogP contribution is 2.28. The van der Waals surface area contributed by atoms with Crippen molar-refractivity contribution in [2.75, 3.05) is 0 Å². The standard InChI is InChI=1S/C19H27NO5/c1-5-19(4,17(22)23)12-11-16(21)20(18(24)25-14(2)3)13-15-9-7-6-8-10-15/h6-10,14H,5,11-13H2,1-4H3,(H,22,23). The molecule has 0 radical (unpaired) electrons. The fourth-order valence-electron chi connectivity index (χ4n) is 2.24. The van der Waals surface area contributed by atoms with Gasteiger partial charge in [-0.15, -0.1) is 0 Å². The Morgan fingerprint density at radius 2 is 1.80 bits per heavy atom. The summed E-state index contributed by atoms with van der Waals surface area (Å²) in [5.74, 6) is -1.38. The van der Waals surface area contributed by atoms with Crippen molar-refractivity contribution in [2.45, 2.75) is 59.6 Å². The summed E-state index contributed by atoms with van der Waals surface area (Å²) in [4.78, 5) is 37.3. The SMILES string of the molecule is CCC(C)(CCC(=O)N(Cc1ccccc1)C(=O)OC(C)C)C(=O)O. The number of nitrogens with zero attached hydrogens (tertiary/aromatic N) is 1. The number of hydrogen-bond donors (Lipinski definition) is 1. The van der Waals surface area contributed by atoms with E-state index in [0.717, 1.165) is 10.5 Å². The maximum Gasteiger partial charge on any atom is 0.417 e. The van der Waals surface area contributed by atoms with Crippen molar-refractivity contribution in [3.63, 3.8) is 0 Å². The van der Waals surface area contributed by atoms with E-state index in [0.29, 0.717) is 6.42 Å². The van der Waals surface area contributed by atoms with Gasteiger partial charge in [0.15, 0.2) is 0 Å². The highest BCUT2D eigenvalue weighted by molar-refractivity contribution is 5.92. The highest BCUT2D eigenvalue weighted by Gasteiger charge is 2.33. The second kappa shape index (κ2) is 9.20. The summed E-state index contributed by atoms with van der Waals surface area (Å²) in [5, 5.41) is 9.33. The lowest BCUT2D eigenvalue weighted by atomic mass is 9.83. The predicted octanol–water partition coefficient (Wildman–Crippen LogP) is 3.84. The summed E-state index contributed by atoms with van der Waals surface area (Å²) in [6.45, 7) is 6.90. The largest absolute Gasteiger partial charge is 0.481 e. The summed E-state index contributed by atoms with van der Waals surface area (Å²) in [7, 11) is 0. The maximum absolute atomic E-state index is 12.6. The molecule has 6 heteroatoms. The molecule has 2 amide bonds. The molecular formula is C19H27NO5. The van der Waals surface area contributed by atoms with Crippen molar-refractivity contribution in [2.24, 2.45) is 5.41 Å². The van der Waals surface area contributed by atoms with Gasteiger partial charge >= 0.3 is 12.1 Å². The maximum atomic E-state index is 12.6. The van der Waals surface area contributed by atoms with Gasteiger partial charge in [-0.1, -0.05) is 37.3 Å². The number of carbonyl (C=O) groups is 3. The minimum absolute atomic E-state index is 0.0311. The summed E-state index contributed by atoms with van der Waals surface area (Å²) < 4.78 is 5.16. The van der Waals surface area contributed by atoms with Crippen LogP contribution in [0, 0.1) is 5.41 Å². The van der Waals surface area contributed by atoms with Crippen LogP contribution in [0.15, 0.2) is 30.3 Å². The Kier molecular flexibility index (Phi) is 7.61. The van der Waals surface area contributed by atoms with E-state index in [1.165, 1.54) is 0 Å². The summed E-state index contributed by atoms with van der Waals surface area (Å²) in [6, 6.07) is 9.13. The van der Waals surface area contributed by atoms with Crippen LogP contribution in [0.1, 0.15) is 52.5 Å². The van der Waals surface area contributed by atoms with Crippen LogP contribution < -0.4 is 0 Å². The smallest absolute Gasteiger partial charge is 0.417 e. The molecular weight excluding hydrogens is 322 g/mol. The molecule has 1 unspecified atom stereocenters. The van der Waals surface area contributed by atoms with Crippen LogP contribution in [0.4, 0.5) is 4.79 Å². The highest BCUT2D eigenvalue weighted by atomic mass is 16.6. The van der Waals surface area contributed by atoms with E-state index in [-0.39, 0.29) is 25.5 Å². The van der Waals surface area contributed by atoms with Crippen molar-refractivity contribution >= 4 is 18.0 Å². The van der Waals surface area contributed by atoms with Crippen molar-refractivity contribution < 1.29 is 24.2 Å². The molecule has 1 rings (SSSR count). The summed E-state index contributed by atoms with van der Waals surface area (Å²) in [5.41, 5.74) is -0.191. The molecule has 0 saturated carbocycles. The first kappa shape index (κ1) is 20.7. The van der Waals surface area contributed by atoms with Crippen LogP contribution in [0.3, 0.4) is 0 Å². The number of benzene rings is 1. The molecule has 1 aromatic rings. The molecule has 0 bridgehead atoms. The fraction of sp³-hybridized carbons (Fsp3) is 0.526.